The van der Waals surface area contributed by atoms with Crippen molar-refractivity contribution < 1.29 is 4.74 Å². The third-order valence-electron chi connectivity index (χ3n) is 4.08. The lowest BCUT2D eigenvalue weighted by Gasteiger charge is -2.30. The highest BCUT2D eigenvalue weighted by Gasteiger charge is 2.23. The largest absolute Gasteiger partial charge is 0.495 e. The zero-order valence-corrected chi connectivity index (χ0v) is 13.9. The van der Waals surface area contributed by atoms with Crippen LogP contribution in [0.2, 0.25) is 0 Å². The summed E-state index contributed by atoms with van der Waals surface area (Å²) in [6.45, 7) is 3.76. The van der Waals surface area contributed by atoms with Crippen molar-refractivity contribution in [3.05, 3.63) is 41.2 Å². The van der Waals surface area contributed by atoms with Crippen molar-refractivity contribution in [3.8, 4) is 5.75 Å². The number of hydrogen-bond donors (Lipinski definition) is 1. The zero-order chi connectivity index (χ0) is 15.7. The molecule has 116 valence electrons. The number of anilines is 1. The monoisotopic (exact) mass is 316 g/mol. The first-order chi connectivity index (χ1) is 10.6. The van der Waals surface area contributed by atoms with Crippen LogP contribution < -0.4 is 10.1 Å². The molecule has 1 aromatic carbocycles. The fourth-order valence-corrected chi connectivity index (χ4v) is 3.16. The van der Waals surface area contributed by atoms with Crippen LogP contribution in [0, 0.1) is 6.92 Å². The molecule has 1 N–H and O–H groups in total. The molecule has 6 heteroatoms. The van der Waals surface area contributed by atoms with Gasteiger partial charge in [-0.25, -0.2) is 0 Å². The van der Waals surface area contributed by atoms with Gasteiger partial charge < -0.3 is 15.0 Å². The molecular weight excluding hydrogens is 296 g/mol. The van der Waals surface area contributed by atoms with Gasteiger partial charge in [0, 0.05) is 13.6 Å². The number of nitrogens with zero attached hydrogens (tertiary/aromatic N) is 3. The highest BCUT2D eigenvalue weighted by Crippen LogP contribution is 2.25. The summed E-state index contributed by atoms with van der Waals surface area (Å²) in [6, 6.07) is 7.79. The van der Waals surface area contributed by atoms with Gasteiger partial charge in [-0.05, 0) is 43.3 Å². The number of hydrogen-bond acceptors (Lipinski definition) is 3. The lowest BCUT2D eigenvalue weighted by molar-refractivity contribution is 0.384. The minimum atomic E-state index is 0.717. The molecule has 5 nitrogen and oxygen atoms in total. The van der Waals surface area contributed by atoms with Gasteiger partial charge in [0.15, 0.2) is 5.11 Å². The summed E-state index contributed by atoms with van der Waals surface area (Å²) in [7, 11) is 3.65. The van der Waals surface area contributed by atoms with Crippen LogP contribution in [0.25, 0.3) is 0 Å². The van der Waals surface area contributed by atoms with Crippen molar-refractivity contribution in [1.82, 2.24) is 14.7 Å². The Labute approximate surface area is 135 Å². The topological polar surface area (TPSA) is 42.3 Å². The van der Waals surface area contributed by atoms with Gasteiger partial charge in [0.05, 0.1) is 30.7 Å². The van der Waals surface area contributed by atoms with E-state index in [1.54, 1.807) is 7.11 Å². The van der Waals surface area contributed by atoms with E-state index in [0.717, 1.165) is 36.6 Å². The Morgan fingerprint density at radius 2 is 2.14 bits per heavy atom. The van der Waals surface area contributed by atoms with E-state index < -0.39 is 0 Å². The molecule has 3 rings (SSSR count). The number of rotatable bonds is 2. The summed E-state index contributed by atoms with van der Waals surface area (Å²) in [5.74, 6) is 0.791. The first-order valence-corrected chi connectivity index (χ1v) is 7.71. The summed E-state index contributed by atoms with van der Waals surface area (Å²) in [5.41, 5.74) is 4.62. The fraction of sp³-hybridized carbons (Fsp3) is 0.375. The minimum Gasteiger partial charge on any atom is -0.495 e. The molecule has 0 aliphatic carbocycles. The number of methoxy groups -OCH3 is 1. The number of thiocarbonyl (C=S) groups is 1. The average Bonchev–Trinajstić information content (AvgIpc) is 2.82. The van der Waals surface area contributed by atoms with Crippen molar-refractivity contribution in [3.63, 3.8) is 0 Å². The van der Waals surface area contributed by atoms with Crippen LogP contribution in [0.3, 0.4) is 0 Å². The Balaban J connectivity index is 1.75. The lowest BCUT2D eigenvalue weighted by atomic mass is 10.1. The van der Waals surface area contributed by atoms with E-state index in [0.29, 0.717) is 5.11 Å². The molecule has 1 aliphatic rings. The molecule has 0 atom stereocenters. The van der Waals surface area contributed by atoms with Crippen LogP contribution in [-0.4, -0.2) is 33.4 Å². The second-order valence-electron chi connectivity index (χ2n) is 5.44. The van der Waals surface area contributed by atoms with Crippen molar-refractivity contribution in [1.29, 1.82) is 0 Å². The van der Waals surface area contributed by atoms with Crippen LogP contribution in [0.1, 0.15) is 17.0 Å². The second kappa shape index (κ2) is 5.96. The first kappa shape index (κ1) is 14.8. The van der Waals surface area contributed by atoms with E-state index in [4.69, 9.17) is 17.0 Å². The molecule has 0 fully saturated rings. The van der Waals surface area contributed by atoms with Gasteiger partial charge in [-0.2, -0.15) is 5.10 Å². The van der Waals surface area contributed by atoms with Crippen LogP contribution in [0.5, 0.6) is 5.75 Å². The third kappa shape index (κ3) is 2.66. The molecule has 1 aliphatic heterocycles. The fourth-order valence-electron chi connectivity index (χ4n) is 2.89. The smallest absolute Gasteiger partial charge is 0.173 e. The standard InChI is InChI=1S/C16H20N4OS/c1-11-12-8-9-20(10-14(12)19(2)18-11)16(22)17-13-6-4-5-7-15(13)21-3/h4-7H,8-10H2,1-3H3,(H,17,22). The van der Waals surface area contributed by atoms with Crippen LogP contribution in [0.15, 0.2) is 24.3 Å². The summed E-state index contributed by atoms with van der Waals surface area (Å²) in [6.07, 6.45) is 0.975. The van der Waals surface area contributed by atoms with E-state index in [-0.39, 0.29) is 0 Å². The minimum absolute atomic E-state index is 0.717. The second-order valence-corrected chi connectivity index (χ2v) is 5.82. The predicted molar refractivity (Wildman–Crippen MR) is 91.3 cm³/mol. The Morgan fingerprint density at radius 3 is 2.91 bits per heavy atom. The van der Waals surface area contributed by atoms with Crippen molar-refractivity contribution in [2.45, 2.75) is 19.9 Å². The molecule has 0 bridgehead atoms. The normalized spacial score (nSPS) is 13.7. The van der Waals surface area contributed by atoms with Crippen LogP contribution >= 0.6 is 12.2 Å². The molecule has 1 aromatic heterocycles. The maximum Gasteiger partial charge on any atom is 0.173 e. The number of ether oxygens (including phenoxy) is 1. The summed E-state index contributed by atoms with van der Waals surface area (Å²) >= 11 is 5.57. The lowest BCUT2D eigenvalue weighted by Crippen LogP contribution is -2.39. The number of benzene rings is 1. The summed E-state index contributed by atoms with van der Waals surface area (Å²) < 4.78 is 7.32. The van der Waals surface area contributed by atoms with Crippen molar-refractivity contribution >= 4 is 23.0 Å². The number of fused-ring (bicyclic) bond motifs is 1. The van der Waals surface area contributed by atoms with Gasteiger partial charge in [-0.3, -0.25) is 4.68 Å². The molecule has 0 saturated heterocycles. The van der Waals surface area contributed by atoms with Gasteiger partial charge in [0.2, 0.25) is 0 Å². The number of aromatic nitrogens is 2. The van der Waals surface area contributed by atoms with E-state index in [1.807, 2.05) is 36.0 Å². The molecule has 2 aromatic rings. The highest BCUT2D eigenvalue weighted by atomic mass is 32.1. The number of nitrogens with one attached hydrogen (secondary N) is 1. The molecule has 22 heavy (non-hydrogen) atoms. The zero-order valence-electron chi connectivity index (χ0n) is 13.1. The van der Waals surface area contributed by atoms with Crippen molar-refractivity contribution in [2.75, 3.05) is 19.0 Å². The predicted octanol–water partition coefficient (Wildman–Crippen LogP) is 2.49. The highest BCUT2D eigenvalue weighted by molar-refractivity contribution is 7.80. The van der Waals surface area contributed by atoms with E-state index in [9.17, 15) is 0 Å². The molecular formula is C16H20N4OS. The molecule has 0 saturated carbocycles. The maximum absolute atomic E-state index is 5.57. The quantitative estimate of drug-likeness (QED) is 0.862. The number of aryl methyl sites for hydroxylation is 2. The summed E-state index contributed by atoms with van der Waals surface area (Å²) in [4.78, 5) is 2.17. The van der Waals surface area contributed by atoms with Gasteiger partial charge in [0.1, 0.15) is 5.75 Å². The Bertz CT molecular complexity index is 710. The molecule has 0 spiro atoms. The van der Waals surface area contributed by atoms with Crippen LogP contribution in [-0.2, 0) is 20.0 Å². The third-order valence-corrected chi connectivity index (χ3v) is 4.44. The van der Waals surface area contributed by atoms with E-state index >= 15 is 0 Å². The van der Waals surface area contributed by atoms with E-state index in [2.05, 4.69) is 22.2 Å². The van der Waals surface area contributed by atoms with Gasteiger partial charge in [0.25, 0.3) is 0 Å². The first-order valence-electron chi connectivity index (χ1n) is 7.30. The van der Waals surface area contributed by atoms with Crippen molar-refractivity contribution in [2.24, 2.45) is 7.05 Å². The number of para-hydroxylation sites is 2. The summed E-state index contributed by atoms with van der Waals surface area (Å²) in [5, 5.41) is 8.51. The Kier molecular flexibility index (Phi) is 4.02. The molecule has 0 amide bonds. The van der Waals surface area contributed by atoms with E-state index in [1.165, 1.54) is 11.3 Å². The van der Waals surface area contributed by atoms with Gasteiger partial charge in [-0.1, -0.05) is 12.1 Å². The average molecular weight is 316 g/mol. The Hall–Kier alpha value is -2.08. The molecule has 2 heterocycles. The van der Waals surface area contributed by atoms with Gasteiger partial charge in [-0.15, -0.1) is 0 Å². The molecule has 0 unspecified atom stereocenters. The maximum atomic E-state index is 5.57. The SMILES string of the molecule is COc1ccccc1NC(=S)N1CCc2c(C)nn(C)c2C1. The van der Waals surface area contributed by atoms with Crippen LogP contribution in [0.4, 0.5) is 5.69 Å². The van der Waals surface area contributed by atoms with Gasteiger partial charge >= 0.3 is 0 Å². The molecule has 0 radical (unpaired) electrons. The Morgan fingerprint density at radius 1 is 1.36 bits per heavy atom.